The van der Waals surface area contributed by atoms with Crippen LogP contribution in [0.25, 0.3) is 0 Å². The molecule has 1 unspecified atom stereocenters. The fraction of sp³-hybridized carbons (Fsp3) is 0.588. The van der Waals surface area contributed by atoms with Gasteiger partial charge in [0.15, 0.2) is 0 Å². The van der Waals surface area contributed by atoms with Gasteiger partial charge >= 0.3 is 0 Å². The van der Waals surface area contributed by atoms with E-state index in [1.54, 1.807) is 0 Å². The molecular formula is C17H26N2O. The van der Waals surface area contributed by atoms with Crippen molar-refractivity contribution < 1.29 is 4.79 Å². The van der Waals surface area contributed by atoms with E-state index in [1.807, 2.05) is 37.3 Å². The molecule has 3 nitrogen and oxygen atoms in total. The molecule has 0 heterocycles. The average Bonchev–Trinajstić information content (AvgIpc) is 2.50. The number of benzene rings is 1. The highest BCUT2D eigenvalue weighted by Gasteiger charge is 2.29. The zero-order chi connectivity index (χ0) is 14.5. The average molecular weight is 274 g/mol. The predicted octanol–water partition coefficient (Wildman–Crippen LogP) is 2.91. The van der Waals surface area contributed by atoms with E-state index in [1.165, 1.54) is 0 Å². The van der Waals surface area contributed by atoms with E-state index in [0.29, 0.717) is 12.1 Å². The molecule has 0 spiro atoms. The smallest absolute Gasteiger partial charge is 0.230 e. The van der Waals surface area contributed by atoms with Crippen LogP contribution in [0.2, 0.25) is 0 Å². The van der Waals surface area contributed by atoms with E-state index in [2.05, 4.69) is 11.8 Å². The molecule has 1 atom stereocenters. The maximum Gasteiger partial charge on any atom is 0.230 e. The first kappa shape index (κ1) is 15.0. The SMILES string of the molecule is CCN(C(=O)C(C)c1ccccc1)C1CCC(N)CC1. The number of likely N-dealkylation sites (N-methyl/N-ethyl adjacent to an activating group) is 1. The second-order valence-electron chi connectivity index (χ2n) is 5.83. The van der Waals surface area contributed by atoms with Gasteiger partial charge in [-0.05, 0) is 45.1 Å². The van der Waals surface area contributed by atoms with E-state index in [0.717, 1.165) is 37.8 Å². The molecule has 110 valence electrons. The summed E-state index contributed by atoms with van der Waals surface area (Å²) in [6.07, 6.45) is 4.16. The Morgan fingerprint density at radius 3 is 2.40 bits per heavy atom. The van der Waals surface area contributed by atoms with Crippen molar-refractivity contribution in [1.82, 2.24) is 4.90 Å². The lowest BCUT2D eigenvalue weighted by Gasteiger charge is -2.37. The topological polar surface area (TPSA) is 46.3 Å². The Bertz CT molecular complexity index is 424. The highest BCUT2D eigenvalue weighted by molar-refractivity contribution is 5.83. The number of rotatable bonds is 4. The summed E-state index contributed by atoms with van der Waals surface area (Å²) in [6, 6.07) is 10.7. The Hall–Kier alpha value is -1.35. The third kappa shape index (κ3) is 3.40. The molecule has 0 radical (unpaired) electrons. The third-order valence-electron chi connectivity index (χ3n) is 4.48. The monoisotopic (exact) mass is 274 g/mol. The molecule has 2 N–H and O–H groups in total. The number of nitrogens with zero attached hydrogens (tertiary/aromatic N) is 1. The zero-order valence-electron chi connectivity index (χ0n) is 12.6. The number of amides is 1. The van der Waals surface area contributed by atoms with Crippen molar-refractivity contribution in [3.63, 3.8) is 0 Å². The summed E-state index contributed by atoms with van der Waals surface area (Å²) < 4.78 is 0. The summed E-state index contributed by atoms with van der Waals surface area (Å²) in [5.41, 5.74) is 7.06. The molecule has 1 aliphatic rings. The van der Waals surface area contributed by atoms with Crippen molar-refractivity contribution in [2.45, 2.75) is 57.5 Å². The Kier molecular flexibility index (Phi) is 5.18. The first-order valence-corrected chi connectivity index (χ1v) is 7.74. The minimum absolute atomic E-state index is 0.0632. The molecule has 1 amide bonds. The molecular weight excluding hydrogens is 248 g/mol. The largest absolute Gasteiger partial charge is 0.339 e. The maximum absolute atomic E-state index is 12.8. The lowest BCUT2D eigenvalue weighted by molar-refractivity contribution is -0.135. The molecule has 2 rings (SSSR count). The minimum atomic E-state index is -0.0632. The van der Waals surface area contributed by atoms with Gasteiger partial charge in [0.05, 0.1) is 5.92 Å². The van der Waals surface area contributed by atoms with Crippen LogP contribution < -0.4 is 5.73 Å². The Balaban J connectivity index is 2.05. The summed E-state index contributed by atoms with van der Waals surface area (Å²) >= 11 is 0. The van der Waals surface area contributed by atoms with E-state index in [9.17, 15) is 4.79 Å². The predicted molar refractivity (Wildman–Crippen MR) is 82.5 cm³/mol. The van der Waals surface area contributed by atoms with Crippen molar-refractivity contribution in [2.75, 3.05) is 6.54 Å². The van der Waals surface area contributed by atoms with Crippen molar-refractivity contribution in [2.24, 2.45) is 5.73 Å². The van der Waals surface area contributed by atoms with Crippen molar-refractivity contribution in [3.8, 4) is 0 Å². The molecule has 0 bridgehead atoms. The van der Waals surface area contributed by atoms with Gasteiger partial charge in [-0.1, -0.05) is 30.3 Å². The Labute approximate surface area is 122 Å². The quantitative estimate of drug-likeness (QED) is 0.917. The zero-order valence-corrected chi connectivity index (χ0v) is 12.6. The molecule has 0 aliphatic heterocycles. The summed E-state index contributed by atoms with van der Waals surface area (Å²) in [5.74, 6) is 0.186. The van der Waals surface area contributed by atoms with E-state index >= 15 is 0 Å². The number of nitrogens with two attached hydrogens (primary N) is 1. The molecule has 1 aromatic carbocycles. The van der Waals surface area contributed by atoms with Gasteiger partial charge in [-0.3, -0.25) is 4.79 Å². The van der Waals surface area contributed by atoms with Crippen LogP contribution in [0.15, 0.2) is 30.3 Å². The van der Waals surface area contributed by atoms with Gasteiger partial charge < -0.3 is 10.6 Å². The van der Waals surface area contributed by atoms with Gasteiger partial charge in [0, 0.05) is 18.6 Å². The molecule has 1 aromatic rings. The molecule has 1 saturated carbocycles. The number of hydrogen-bond donors (Lipinski definition) is 1. The van der Waals surface area contributed by atoms with Gasteiger partial charge in [-0.2, -0.15) is 0 Å². The van der Waals surface area contributed by atoms with Crippen molar-refractivity contribution in [3.05, 3.63) is 35.9 Å². The summed E-state index contributed by atoms with van der Waals surface area (Å²) in [4.78, 5) is 14.8. The molecule has 1 fully saturated rings. The van der Waals surface area contributed by atoms with E-state index < -0.39 is 0 Å². The fourth-order valence-corrected chi connectivity index (χ4v) is 3.14. The molecule has 0 aromatic heterocycles. The van der Waals surface area contributed by atoms with Gasteiger partial charge in [-0.25, -0.2) is 0 Å². The Morgan fingerprint density at radius 2 is 1.85 bits per heavy atom. The van der Waals surface area contributed by atoms with Crippen LogP contribution in [0.4, 0.5) is 0 Å². The van der Waals surface area contributed by atoms with Crippen LogP contribution in [0, 0.1) is 0 Å². The normalized spacial score (nSPS) is 24.1. The first-order valence-electron chi connectivity index (χ1n) is 7.74. The second-order valence-corrected chi connectivity index (χ2v) is 5.83. The lowest BCUT2D eigenvalue weighted by atomic mass is 9.89. The van der Waals surface area contributed by atoms with Gasteiger partial charge in [0.1, 0.15) is 0 Å². The summed E-state index contributed by atoms with van der Waals surface area (Å²) in [7, 11) is 0. The van der Waals surface area contributed by atoms with Gasteiger partial charge in [0.2, 0.25) is 5.91 Å². The molecule has 0 saturated heterocycles. The lowest BCUT2D eigenvalue weighted by Crippen LogP contribution is -2.45. The van der Waals surface area contributed by atoms with Crippen molar-refractivity contribution in [1.29, 1.82) is 0 Å². The van der Waals surface area contributed by atoms with Crippen LogP contribution in [-0.2, 0) is 4.79 Å². The standard InChI is InChI=1S/C17H26N2O/c1-3-19(16-11-9-15(18)10-12-16)17(20)13(2)14-7-5-4-6-8-14/h4-8,13,15-16H,3,9-12,18H2,1-2H3. The number of carbonyl (C=O) groups excluding carboxylic acids is 1. The molecule has 20 heavy (non-hydrogen) atoms. The van der Waals surface area contributed by atoms with Crippen LogP contribution >= 0.6 is 0 Å². The fourth-order valence-electron chi connectivity index (χ4n) is 3.14. The number of carbonyl (C=O) groups is 1. The van der Waals surface area contributed by atoms with Crippen LogP contribution in [0.3, 0.4) is 0 Å². The molecule has 1 aliphatic carbocycles. The summed E-state index contributed by atoms with van der Waals surface area (Å²) in [6.45, 7) is 4.87. The minimum Gasteiger partial charge on any atom is -0.339 e. The number of hydrogen-bond acceptors (Lipinski definition) is 2. The van der Waals surface area contributed by atoms with Crippen LogP contribution in [-0.4, -0.2) is 29.4 Å². The van der Waals surface area contributed by atoms with E-state index in [-0.39, 0.29) is 11.8 Å². The highest BCUT2D eigenvalue weighted by Crippen LogP contribution is 2.26. The van der Waals surface area contributed by atoms with Crippen molar-refractivity contribution >= 4 is 5.91 Å². The maximum atomic E-state index is 12.8. The van der Waals surface area contributed by atoms with Crippen LogP contribution in [0.1, 0.15) is 51.0 Å². The van der Waals surface area contributed by atoms with Gasteiger partial charge in [-0.15, -0.1) is 0 Å². The van der Waals surface area contributed by atoms with E-state index in [4.69, 9.17) is 5.73 Å². The second kappa shape index (κ2) is 6.89. The highest BCUT2D eigenvalue weighted by atomic mass is 16.2. The van der Waals surface area contributed by atoms with Crippen LogP contribution in [0.5, 0.6) is 0 Å². The first-order chi connectivity index (χ1) is 9.63. The Morgan fingerprint density at radius 1 is 1.25 bits per heavy atom. The third-order valence-corrected chi connectivity index (χ3v) is 4.48. The molecule has 3 heteroatoms. The summed E-state index contributed by atoms with van der Waals surface area (Å²) in [5, 5.41) is 0. The van der Waals surface area contributed by atoms with Gasteiger partial charge in [0.25, 0.3) is 0 Å².